The normalized spacial score (nSPS) is 19.4. The Kier molecular flexibility index (Phi) is 10.6. The van der Waals surface area contributed by atoms with Crippen molar-refractivity contribution in [1.82, 2.24) is 20.4 Å². The summed E-state index contributed by atoms with van der Waals surface area (Å²) >= 11 is 1.33. The highest BCUT2D eigenvalue weighted by molar-refractivity contribution is 7.17. The number of benzene rings is 1. The largest absolute Gasteiger partial charge is 0.414 e. The minimum absolute atomic E-state index is 0.0794. The second kappa shape index (κ2) is 14.2. The van der Waals surface area contributed by atoms with Gasteiger partial charge in [-0.1, -0.05) is 69.4 Å². The van der Waals surface area contributed by atoms with Crippen molar-refractivity contribution in [3.63, 3.8) is 0 Å². The van der Waals surface area contributed by atoms with Crippen molar-refractivity contribution in [3.8, 4) is 15.5 Å². The monoisotopic (exact) mass is 610 g/mol. The third-order valence-corrected chi connectivity index (χ3v) is 8.84. The van der Waals surface area contributed by atoms with E-state index in [1.165, 1.54) is 28.1 Å². The zero-order valence-electron chi connectivity index (χ0n) is 25.5. The number of fused-ring (bicyclic) bond motifs is 1. The molecular formula is C32H42N4O6S. The molecule has 0 aliphatic carbocycles. The first-order valence-electron chi connectivity index (χ1n) is 15.0. The molecule has 43 heavy (non-hydrogen) atoms. The van der Waals surface area contributed by atoms with Gasteiger partial charge in [-0.25, -0.2) is 4.79 Å². The van der Waals surface area contributed by atoms with Crippen LogP contribution in [0.1, 0.15) is 60.3 Å². The number of nitrogens with zero attached hydrogens (tertiary/aromatic N) is 2. The lowest BCUT2D eigenvalue weighted by Crippen LogP contribution is -2.54. The number of ketones is 1. The van der Waals surface area contributed by atoms with E-state index in [0.29, 0.717) is 30.2 Å². The van der Waals surface area contributed by atoms with E-state index in [0.717, 1.165) is 16.9 Å². The van der Waals surface area contributed by atoms with Gasteiger partial charge in [0.15, 0.2) is 10.8 Å². The van der Waals surface area contributed by atoms with Crippen LogP contribution in [0.15, 0.2) is 42.5 Å². The van der Waals surface area contributed by atoms with E-state index < -0.39 is 30.3 Å². The number of rotatable bonds is 11. The second-order valence-electron chi connectivity index (χ2n) is 12.2. The lowest BCUT2D eigenvalue weighted by molar-refractivity contribution is -0.138. The average Bonchev–Trinajstić information content (AvgIpc) is 3.67. The second-order valence-corrected chi connectivity index (χ2v) is 13.2. The summed E-state index contributed by atoms with van der Waals surface area (Å²) in [6.45, 7) is 9.55. The van der Waals surface area contributed by atoms with Crippen LogP contribution >= 0.6 is 11.3 Å². The van der Waals surface area contributed by atoms with E-state index in [9.17, 15) is 24.0 Å². The highest BCUT2D eigenvalue weighted by Crippen LogP contribution is 2.34. The van der Waals surface area contributed by atoms with E-state index >= 15 is 0 Å². The van der Waals surface area contributed by atoms with E-state index in [1.54, 1.807) is 6.07 Å². The fraction of sp³-hybridized carbons (Fsp3) is 0.531. The number of amides is 4. The molecule has 0 saturated carbocycles. The highest BCUT2D eigenvalue weighted by atomic mass is 32.1. The van der Waals surface area contributed by atoms with Gasteiger partial charge in [-0.05, 0) is 55.2 Å². The Morgan fingerprint density at radius 2 is 1.60 bits per heavy atom. The molecule has 3 heterocycles. The Labute approximate surface area is 257 Å². The van der Waals surface area contributed by atoms with Crippen molar-refractivity contribution < 1.29 is 28.7 Å². The number of hydrogen-bond donors (Lipinski definition) is 2. The maximum absolute atomic E-state index is 13.8. The quantitative estimate of drug-likeness (QED) is 0.392. The third-order valence-electron chi connectivity index (χ3n) is 7.83. The van der Waals surface area contributed by atoms with Crippen molar-refractivity contribution in [3.05, 3.63) is 42.5 Å². The number of Topliss-reactive ketones (excluding diaryl/α,β-unsaturated/α-hetero) is 1. The summed E-state index contributed by atoms with van der Waals surface area (Å²) in [5.41, 5.74) is 1.01. The maximum atomic E-state index is 13.8. The molecule has 2 aromatic rings. The van der Waals surface area contributed by atoms with Gasteiger partial charge < -0.3 is 25.2 Å². The van der Waals surface area contributed by atoms with Crippen molar-refractivity contribution in [2.24, 2.45) is 11.8 Å². The fourth-order valence-corrected chi connectivity index (χ4v) is 6.71. The summed E-state index contributed by atoms with van der Waals surface area (Å²) in [4.78, 5) is 69.3. The van der Waals surface area contributed by atoms with Crippen LogP contribution in [-0.4, -0.2) is 76.7 Å². The Morgan fingerprint density at radius 3 is 2.26 bits per heavy atom. The molecule has 1 aromatic carbocycles. The average molecular weight is 611 g/mol. The molecule has 4 atom stereocenters. The van der Waals surface area contributed by atoms with Crippen molar-refractivity contribution >= 4 is 40.9 Å². The molecule has 0 spiro atoms. The Balaban J connectivity index is 1.43. The number of thiophene rings is 1. The highest BCUT2D eigenvalue weighted by Gasteiger charge is 2.53. The number of likely N-dealkylation sites (tertiary alicyclic amines) is 2. The molecule has 4 amide bonds. The molecule has 2 aliphatic heterocycles. The topological polar surface area (TPSA) is 125 Å². The predicted molar refractivity (Wildman–Crippen MR) is 164 cm³/mol. The van der Waals surface area contributed by atoms with E-state index in [-0.39, 0.29) is 42.5 Å². The van der Waals surface area contributed by atoms with Gasteiger partial charge in [-0.3, -0.25) is 19.2 Å². The summed E-state index contributed by atoms with van der Waals surface area (Å²) < 4.78 is 5.54. The van der Waals surface area contributed by atoms with E-state index in [4.69, 9.17) is 4.74 Å². The van der Waals surface area contributed by atoms with Gasteiger partial charge in [-0.2, -0.15) is 0 Å². The Bertz CT molecular complexity index is 1330. The zero-order valence-corrected chi connectivity index (χ0v) is 26.3. The number of carbonyl (C=O) groups excluding carboxylic acids is 5. The van der Waals surface area contributed by atoms with Crippen LogP contribution in [0.4, 0.5) is 4.79 Å². The van der Waals surface area contributed by atoms with Crippen molar-refractivity contribution in [2.45, 2.75) is 84.5 Å². The summed E-state index contributed by atoms with van der Waals surface area (Å²) in [5.74, 6) is -0.754. The van der Waals surface area contributed by atoms with Crippen LogP contribution in [0.25, 0.3) is 10.4 Å². The van der Waals surface area contributed by atoms with Crippen LogP contribution in [0.2, 0.25) is 0 Å². The standard InChI is InChI=1S/C32H42N4O6S/c1-19(2)11-12-23(33-21(5)37)30(39)36-18-26(38)29-25(36)15-16-35(29)31(40)24(17-20(3)4)34-32(41)42-28-14-13-27(43-28)22-9-7-6-8-10-22/h6-10,13-14,19-20,23-25,29H,11-12,15-18H2,1-5H3,(H,33,37)(H,34,41). The van der Waals surface area contributed by atoms with Gasteiger partial charge in [0.25, 0.3) is 0 Å². The summed E-state index contributed by atoms with van der Waals surface area (Å²) in [6.07, 6.45) is 1.28. The van der Waals surface area contributed by atoms with Crippen molar-refractivity contribution in [2.75, 3.05) is 13.1 Å². The molecule has 4 unspecified atom stereocenters. The molecule has 0 radical (unpaired) electrons. The Hall–Kier alpha value is -3.73. The summed E-state index contributed by atoms with van der Waals surface area (Å²) in [7, 11) is 0. The van der Waals surface area contributed by atoms with E-state index in [2.05, 4.69) is 10.6 Å². The first-order chi connectivity index (χ1) is 20.4. The first-order valence-corrected chi connectivity index (χ1v) is 15.8. The molecule has 2 aliphatic rings. The van der Waals surface area contributed by atoms with Crippen LogP contribution < -0.4 is 15.4 Å². The number of carbonyl (C=O) groups is 5. The molecule has 2 saturated heterocycles. The smallest absolute Gasteiger partial charge is 0.399 e. The van der Waals surface area contributed by atoms with Gasteiger partial charge in [0.2, 0.25) is 17.7 Å². The SMILES string of the molecule is CC(=O)NC(CCC(C)C)C(=O)N1CC(=O)C2C1CCN2C(=O)C(CC(C)C)NC(=O)Oc1ccc(-c2ccccc2)s1. The van der Waals surface area contributed by atoms with Crippen LogP contribution in [-0.2, 0) is 19.2 Å². The summed E-state index contributed by atoms with van der Waals surface area (Å²) in [6, 6.07) is 10.5. The number of hydrogen-bond acceptors (Lipinski definition) is 7. The molecule has 2 N–H and O–H groups in total. The molecule has 1 aromatic heterocycles. The lowest BCUT2D eigenvalue weighted by atomic mass is 10.0. The lowest BCUT2D eigenvalue weighted by Gasteiger charge is -2.30. The van der Waals surface area contributed by atoms with Crippen LogP contribution in [0.5, 0.6) is 5.06 Å². The van der Waals surface area contributed by atoms with Gasteiger partial charge in [0.1, 0.15) is 18.1 Å². The van der Waals surface area contributed by atoms with Crippen LogP contribution in [0.3, 0.4) is 0 Å². The summed E-state index contributed by atoms with van der Waals surface area (Å²) in [5, 5.41) is 5.89. The van der Waals surface area contributed by atoms with Crippen LogP contribution in [0, 0.1) is 11.8 Å². The van der Waals surface area contributed by atoms with Gasteiger partial charge >= 0.3 is 6.09 Å². The van der Waals surface area contributed by atoms with Crippen molar-refractivity contribution in [1.29, 1.82) is 0 Å². The van der Waals surface area contributed by atoms with Gasteiger partial charge in [0.05, 0.1) is 12.6 Å². The minimum atomic E-state index is -0.893. The zero-order chi connectivity index (χ0) is 31.3. The molecule has 232 valence electrons. The Morgan fingerprint density at radius 1 is 0.907 bits per heavy atom. The first kappa shape index (κ1) is 32.2. The molecule has 10 nitrogen and oxygen atoms in total. The number of nitrogens with one attached hydrogen (secondary N) is 2. The minimum Gasteiger partial charge on any atom is -0.399 e. The molecule has 11 heteroatoms. The van der Waals surface area contributed by atoms with E-state index in [1.807, 2.05) is 64.1 Å². The predicted octanol–water partition coefficient (Wildman–Crippen LogP) is 4.24. The third kappa shape index (κ3) is 8.01. The number of ether oxygens (including phenoxy) is 1. The fourth-order valence-electron chi connectivity index (χ4n) is 5.85. The molecular weight excluding hydrogens is 568 g/mol. The molecule has 2 fully saturated rings. The molecule has 0 bridgehead atoms. The maximum Gasteiger partial charge on any atom is 0.414 e. The van der Waals surface area contributed by atoms with Gasteiger partial charge in [-0.15, -0.1) is 0 Å². The molecule has 4 rings (SSSR count). The van der Waals surface area contributed by atoms with Gasteiger partial charge in [0, 0.05) is 18.3 Å².